The standard InChI is InChI=1S/C16H13F2N3O3/c1-8-5-12(19-6-9(8)15(17)18)16(23)21-11-4-2-3-10-14(11)24-7-13(22)20-10/h2-6,15H,7H2,1H3,(H,20,22)(H,21,23). The van der Waals surface area contributed by atoms with Crippen LogP contribution in [0.1, 0.15) is 28.0 Å². The summed E-state index contributed by atoms with van der Waals surface area (Å²) in [6.45, 7) is 1.34. The zero-order valence-corrected chi connectivity index (χ0v) is 12.6. The van der Waals surface area contributed by atoms with E-state index in [1.54, 1.807) is 18.2 Å². The fraction of sp³-hybridized carbons (Fsp3) is 0.188. The molecule has 0 unspecified atom stereocenters. The fourth-order valence-electron chi connectivity index (χ4n) is 2.32. The predicted octanol–water partition coefficient (Wildman–Crippen LogP) is 2.91. The van der Waals surface area contributed by atoms with Gasteiger partial charge in [0.05, 0.1) is 11.4 Å². The molecule has 0 saturated carbocycles. The van der Waals surface area contributed by atoms with Gasteiger partial charge >= 0.3 is 0 Å². The maximum Gasteiger partial charge on any atom is 0.274 e. The molecule has 2 heterocycles. The number of pyridine rings is 1. The van der Waals surface area contributed by atoms with Crippen molar-refractivity contribution in [1.29, 1.82) is 0 Å². The average molecular weight is 333 g/mol. The van der Waals surface area contributed by atoms with Crippen LogP contribution in [0.4, 0.5) is 20.2 Å². The quantitative estimate of drug-likeness (QED) is 0.905. The largest absolute Gasteiger partial charge is 0.479 e. The molecular formula is C16H13F2N3O3. The van der Waals surface area contributed by atoms with Crippen LogP contribution in [0.2, 0.25) is 0 Å². The summed E-state index contributed by atoms with van der Waals surface area (Å²) in [4.78, 5) is 27.4. The van der Waals surface area contributed by atoms with Crippen LogP contribution in [0.25, 0.3) is 0 Å². The lowest BCUT2D eigenvalue weighted by molar-refractivity contribution is -0.118. The number of rotatable bonds is 3. The molecule has 2 N–H and O–H groups in total. The molecule has 0 radical (unpaired) electrons. The summed E-state index contributed by atoms with van der Waals surface area (Å²) in [5, 5.41) is 5.24. The van der Waals surface area contributed by atoms with Crippen LogP contribution < -0.4 is 15.4 Å². The van der Waals surface area contributed by atoms with Crippen molar-refractivity contribution in [2.75, 3.05) is 17.2 Å². The Morgan fingerprint density at radius 2 is 2.21 bits per heavy atom. The van der Waals surface area contributed by atoms with Crippen LogP contribution in [-0.2, 0) is 4.79 Å². The van der Waals surface area contributed by atoms with Gasteiger partial charge in [-0.15, -0.1) is 0 Å². The van der Waals surface area contributed by atoms with E-state index in [-0.39, 0.29) is 29.3 Å². The molecule has 2 aromatic rings. The number of aromatic nitrogens is 1. The summed E-state index contributed by atoms with van der Waals surface area (Å²) >= 11 is 0. The molecule has 24 heavy (non-hydrogen) atoms. The molecule has 8 heteroatoms. The Morgan fingerprint density at radius 3 is 2.92 bits per heavy atom. The van der Waals surface area contributed by atoms with Crippen LogP contribution in [0.15, 0.2) is 30.5 Å². The average Bonchev–Trinajstić information content (AvgIpc) is 2.54. The second kappa shape index (κ2) is 6.23. The summed E-state index contributed by atoms with van der Waals surface area (Å²) in [5.41, 5.74) is 0.879. The van der Waals surface area contributed by atoms with Gasteiger partial charge in [0.15, 0.2) is 12.4 Å². The second-order valence-corrected chi connectivity index (χ2v) is 5.20. The summed E-state index contributed by atoms with van der Waals surface area (Å²) in [5.74, 6) is -0.509. The molecule has 0 fully saturated rings. The first-order valence-corrected chi connectivity index (χ1v) is 7.07. The highest BCUT2D eigenvalue weighted by molar-refractivity contribution is 6.05. The minimum Gasteiger partial charge on any atom is -0.479 e. The number of halogens is 2. The number of nitrogens with zero attached hydrogens (tertiary/aromatic N) is 1. The SMILES string of the molecule is Cc1cc(C(=O)Nc2cccc3c2OCC(=O)N3)ncc1C(F)F. The van der Waals surface area contributed by atoms with E-state index in [0.717, 1.165) is 6.20 Å². The summed E-state index contributed by atoms with van der Waals surface area (Å²) in [6, 6.07) is 6.19. The normalized spacial score (nSPS) is 13.1. The maximum absolute atomic E-state index is 12.7. The van der Waals surface area contributed by atoms with Gasteiger partial charge in [-0.05, 0) is 30.7 Å². The second-order valence-electron chi connectivity index (χ2n) is 5.20. The van der Waals surface area contributed by atoms with Crippen molar-refractivity contribution >= 4 is 23.2 Å². The number of benzene rings is 1. The van der Waals surface area contributed by atoms with Gasteiger partial charge in [0, 0.05) is 11.8 Å². The number of hydrogen-bond donors (Lipinski definition) is 2. The van der Waals surface area contributed by atoms with Crippen LogP contribution in [0.5, 0.6) is 5.75 Å². The number of carbonyl (C=O) groups excluding carboxylic acids is 2. The van der Waals surface area contributed by atoms with Gasteiger partial charge in [-0.1, -0.05) is 6.07 Å². The van der Waals surface area contributed by atoms with Crippen molar-refractivity contribution in [1.82, 2.24) is 4.98 Å². The summed E-state index contributed by atoms with van der Waals surface area (Å²) < 4.78 is 30.8. The Bertz CT molecular complexity index is 824. The van der Waals surface area contributed by atoms with Crippen molar-refractivity contribution in [3.63, 3.8) is 0 Å². The molecule has 124 valence electrons. The number of anilines is 2. The molecule has 0 aliphatic carbocycles. The van der Waals surface area contributed by atoms with Gasteiger partial charge in [-0.2, -0.15) is 0 Å². The van der Waals surface area contributed by atoms with Gasteiger partial charge in [0.1, 0.15) is 5.69 Å². The van der Waals surface area contributed by atoms with Gasteiger partial charge < -0.3 is 15.4 Å². The van der Waals surface area contributed by atoms with Crippen molar-refractivity contribution in [2.24, 2.45) is 0 Å². The third-order valence-electron chi connectivity index (χ3n) is 3.50. The zero-order valence-electron chi connectivity index (χ0n) is 12.6. The van der Waals surface area contributed by atoms with Crippen LogP contribution in [0.3, 0.4) is 0 Å². The van der Waals surface area contributed by atoms with E-state index in [0.29, 0.717) is 17.1 Å². The van der Waals surface area contributed by atoms with Gasteiger partial charge in [0.25, 0.3) is 18.2 Å². The van der Waals surface area contributed by atoms with Crippen molar-refractivity contribution in [3.05, 3.63) is 47.3 Å². The topological polar surface area (TPSA) is 80.3 Å². The number of alkyl halides is 2. The molecule has 1 aliphatic heterocycles. The number of carbonyl (C=O) groups is 2. The number of hydrogen-bond acceptors (Lipinski definition) is 4. The monoisotopic (exact) mass is 333 g/mol. The first-order valence-electron chi connectivity index (χ1n) is 7.07. The van der Waals surface area contributed by atoms with Crippen molar-refractivity contribution in [2.45, 2.75) is 13.3 Å². The Hall–Kier alpha value is -3.03. The van der Waals surface area contributed by atoms with Crippen molar-refractivity contribution < 1.29 is 23.1 Å². The number of amides is 2. The Balaban J connectivity index is 1.84. The highest BCUT2D eigenvalue weighted by atomic mass is 19.3. The highest BCUT2D eigenvalue weighted by Gasteiger charge is 2.21. The van der Waals surface area contributed by atoms with Crippen molar-refractivity contribution in [3.8, 4) is 5.75 Å². The molecule has 2 amide bonds. The van der Waals surface area contributed by atoms with E-state index in [9.17, 15) is 18.4 Å². The smallest absolute Gasteiger partial charge is 0.274 e. The number of nitrogens with one attached hydrogen (secondary N) is 2. The van der Waals surface area contributed by atoms with Crippen LogP contribution >= 0.6 is 0 Å². The summed E-state index contributed by atoms with van der Waals surface area (Å²) in [7, 11) is 0. The van der Waals surface area contributed by atoms with Crippen LogP contribution in [0, 0.1) is 6.92 Å². The molecule has 0 spiro atoms. The molecule has 1 aromatic carbocycles. The van der Waals surface area contributed by atoms with E-state index in [1.807, 2.05) is 0 Å². The minimum absolute atomic E-state index is 0.00866. The van der Waals surface area contributed by atoms with Gasteiger partial charge in [-0.25, -0.2) is 8.78 Å². The Morgan fingerprint density at radius 1 is 1.42 bits per heavy atom. The lowest BCUT2D eigenvalue weighted by atomic mass is 10.1. The lowest BCUT2D eigenvalue weighted by Gasteiger charge is -2.20. The predicted molar refractivity (Wildman–Crippen MR) is 82.5 cm³/mol. The molecule has 0 bridgehead atoms. The number of fused-ring (bicyclic) bond motifs is 1. The fourth-order valence-corrected chi connectivity index (χ4v) is 2.32. The molecule has 1 aromatic heterocycles. The lowest BCUT2D eigenvalue weighted by Crippen LogP contribution is -2.26. The Kier molecular flexibility index (Phi) is 4.11. The van der Waals surface area contributed by atoms with E-state index in [1.165, 1.54) is 13.0 Å². The maximum atomic E-state index is 12.7. The zero-order chi connectivity index (χ0) is 17.3. The number of para-hydroxylation sites is 1. The Labute approximate surface area is 135 Å². The van der Waals surface area contributed by atoms with E-state index >= 15 is 0 Å². The molecule has 3 rings (SSSR count). The first-order chi connectivity index (χ1) is 11.5. The third-order valence-corrected chi connectivity index (χ3v) is 3.50. The van der Waals surface area contributed by atoms with E-state index < -0.39 is 12.3 Å². The molecule has 0 atom stereocenters. The number of ether oxygens (including phenoxy) is 1. The van der Waals surface area contributed by atoms with Gasteiger partial charge in [-0.3, -0.25) is 14.6 Å². The number of aryl methyl sites for hydroxylation is 1. The molecule has 0 saturated heterocycles. The molecule has 1 aliphatic rings. The van der Waals surface area contributed by atoms with E-state index in [2.05, 4.69) is 15.6 Å². The molecular weight excluding hydrogens is 320 g/mol. The summed E-state index contributed by atoms with van der Waals surface area (Å²) in [6.07, 6.45) is -1.65. The highest BCUT2D eigenvalue weighted by Crippen LogP contribution is 2.35. The van der Waals surface area contributed by atoms with Gasteiger partial charge in [0.2, 0.25) is 0 Å². The van der Waals surface area contributed by atoms with E-state index in [4.69, 9.17) is 4.74 Å². The molecule has 6 nitrogen and oxygen atoms in total. The minimum atomic E-state index is -2.65. The third kappa shape index (κ3) is 3.03. The first kappa shape index (κ1) is 15.9. The van der Waals surface area contributed by atoms with Crippen LogP contribution in [-0.4, -0.2) is 23.4 Å².